The highest BCUT2D eigenvalue weighted by atomic mass is 79.9. The van der Waals surface area contributed by atoms with Gasteiger partial charge in [-0.1, -0.05) is 22.9 Å². The molecule has 0 aliphatic heterocycles. The monoisotopic (exact) mass is 336 g/mol. The molecule has 0 radical (unpaired) electrons. The van der Waals surface area contributed by atoms with Gasteiger partial charge >= 0.3 is 0 Å². The van der Waals surface area contributed by atoms with Gasteiger partial charge in [0.15, 0.2) is 5.43 Å². The molecule has 1 heterocycles. The maximum absolute atomic E-state index is 12.0. The van der Waals surface area contributed by atoms with Gasteiger partial charge in [-0.15, -0.1) is 0 Å². The molecule has 1 amide bonds. The third-order valence-electron chi connectivity index (χ3n) is 3.27. The zero-order valence-electron chi connectivity index (χ0n) is 11.5. The number of nitrogens with zero attached hydrogens (tertiary/aromatic N) is 1. The number of fused-ring (bicyclic) bond motifs is 1. The number of aromatic nitrogens is 1. The number of nitrogens with one attached hydrogen (secondary N) is 1. The van der Waals surface area contributed by atoms with Crippen LogP contribution in [0.25, 0.3) is 10.9 Å². The van der Waals surface area contributed by atoms with Crippen molar-refractivity contribution in [1.82, 2.24) is 9.88 Å². The summed E-state index contributed by atoms with van der Waals surface area (Å²) in [6.07, 6.45) is 2.55. The van der Waals surface area contributed by atoms with E-state index in [-0.39, 0.29) is 23.9 Å². The predicted octanol–water partition coefficient (Wildman–Crippen LogP) is 2.68. The number of carbonyl (C=O) groups is 1. The molecule has 1 unspecified atom stereocenters. The molecule has 4 nitrogen and oxygen atoms in total. The lowest BCUT2D eigenvalue weighted by atomic mass is 10.2. The van der Waals surface area contributed by atoms with E-state index in [1.165, 1.54) is 6.07 Å². The topological polar surface area (TPSA) is 51.1 Å². The first-order chi connectivity index (χ1) is 9.51. The molecule has 0 aliphatic rings. The summed E-state index contributed by atoms with van der Waals surface area (Å²) in [6, 6.07) is 7.14. The van der Waals surface area contributed by atoms with Crippen molar-refractivity contribution in [2.75, 3.05) is 0 Å². The second-order valence-corrected chi connectivity index (χ2v) is 5.76. The van der Waals surface area contributed by atoms with Crippen LogP contribution in [0.2, 0.25) is 0 Å². The van der Waals surface area contributed by atoms with Crippen molar-refractivity contribution in [3.05, 3.63) is 45.2 Å². The van der Waals surface area contributed by atoms with Crippen LogP contribution in [0.3, 0.4) is 0 Å². The largest absolute Gasteiger partial charge is 0.352 e. The van der Waals surface area contributed by atoms with Gasteiger partial charge in [-0.25, -0.2) is 0 Å². The van der Waals surface area contributed by atoms with Crippen LogP contribution in [0.4, 0.5) is 0 Å². The van der Waals surface area contributed by atoms with Crippen LogP contribution in [0, 0.1) is 0 Å². The Hall–Kier alpha value is -1.62. The summed E-state index contributed by atoms with van der Waals surface area (Å²) in [5.74, 6) is -0.0489. The minimum atomic E-state index is -0.0489. The highest BCUT2D eigenvalue weighted by Crippen LogP contribution is 2.16. The maximum atomic E-state index is 12.0. The Bertz CT molecular complexity index is 694. The van der Waals surface area contributed by atoms with E-state index in [1.54, 1.807) is 16.8 Å². The van der Waals surface area contributed by atoms with Gasteiger partial charge in [0.05, 0.1) is 5.52 Å². The zero-order chi connectivity index (χ0) is 14.7. The summed E-state index contributed by atoms with van der Waals surface area (Å²) in [7, 11) is 0. The van der Waals surface area contributed by atoms with Crippen molar-refractivity contribution < 1.29 is 4.79 Å². The van der Waals surface area contributed by atoms with Crippen molar-refractivity contribution in [3.63, 3.8) is 0 Å². The Labute approximate surface area is 125 Å². The van der Waals surface area contributed by atoms with E-state index in [1.807, 2.05) is 26.0 Å². The van der Waals surface area contributed by atoms with Crippen molar-refractivity contribution in [3.8, 4) is 0 Å². The summed E-state index contributed by atoms with van der Waals surface area (Å²) in [5, 5.41) is 3.53. The van der Waals surface area contributed by atoms with Crippen LogP contribution in [0.1, 0.15) is 20.3 Å². The summed E-state index contributed by atoms with van der Waals surface area (Å²) in [4.78, 5) is 23.8. The van der Waals surface area contributed by atoms with E-state index in [9.17, 15) is 9.59 Å². The smallest absolute Gasteiger partial charge is 0.240 e. The fourth-order valence-corrected chi connectivity index (χ4v) is 2.36. The molecule has 0 saturated heterocycles. The Balaban J connectivity index is 2.34. The maximum Gasteiger partial charge on any atom is 0.240 e. The predicted molar refractivity (Wildman–Crippen MR) is 83.8 cm³/mol. The lowest BCUT2D eigenvalue weighted by molar-refractivity contribution is -0.122. The molecule has 0 fully saturated rings. The minimum Gasteiger partial charge on any atom is -0.352 e. The number of hydrogen-bond donors (Lipinski definition) is 1. The molecule has 1 N–H and O–H groups in total. The van der Waals surface area contributed by atoms with Crippen LogP contribution in [-0.2, 0) is 11.3 Å². The molecule has 0 saturated carbocycles. The number of amides is 1. The van der Waals surface area contributed by atoms with E-state index >= 15 is 0 Å². The summed E-state index contributed by atoms with van der Waals surface area (Å²) < 4.78 is 2.64. The van der Waals surface area contributed by atoms with Gasteiger partial charge in [-0.05, 0) is 31.5 Å². The zero-order valence-corrected chi connectivity index (χ0v) is 13.1. The SMILES string of the molecule is CCC(C)NC(=O)Cn1ccc(=O)c2cc(Br)ccc21. The Kier molecular flexibility index (Phi) is 4.60. The highest BCUT2D eigenvalue weighted by Gasteiger charge is 2.09. The van der Waals surface area contributed by atoms with Crippen LogP contribution in [0.5, 0.6) is 0 Å². The number of hydrogen-bond acceptors (Lipinski definition) is 2. The van der Waals surface area contributed by atoms with Gasteiger partial charge in [0.2, 0.25) is 5.91 Å². The first kappa shape index (κ1) is 14.8. The van der Waals surface area contributed by atoms with Gasteiger partial charge in [0.1, 0.15) is 6.54 Å². The van der Waals surface area contributed by atoms with Crippen molar-refractivity contribution in [2.45, 2.75) is 32.9 Å². The lowest BCUT2D eigenvalue weighted by Gasteiger charge is -2.14. The van der Waals surface area contributed by atoms with Gasteiger partial charge in [0.25, 0.3) is 0 Å². The lowest BCUT2D eigenvalue weighted by Crippen LogP contribution is -2.34. The fourth-order valence-electron chi connectivity index (χ4n) is 2.00. The van der Waals surface area contributed by atoms with Gasteiger partial charge < -0.3 is 9.88 Å². The molecular weight excluding hydrogens is 320 g/mol. The quantitative estimate of drug-likeness (QED) is 0.933. The Morgan fingerprint density at radius 2 is 2.15 bits per heavy atom. The molecule has 5 heteroatoms. The molecule has 1 aromatic heterocycles. The third kappa shape index (κ3) is 3.28. The molecule has 1 atom stereocenters. The summed E-state index contributed by atoms with van der Waals surface area (Å²) in [5.41, 5.74) is 0.722. The van der Waals surface area contributed by atoms with Crippen LogP contribution < -0.4 is 10.7 Å². The standard InChI is InChI=1S/C15H17BrN2O2/c1-3-10(2)17-15(20)9-18-7-6-14(19)12-8-11(16)4-5-13(12)18/h4-8,10H,3,9H2,1-2H3,(H,17,20). The second kappa shape index (κ2) is 6.22. The van der Waals surface area contributed by atoms with Gasteiger partial charge in [-0.2, -0.15) is 0 Å². The Morgan fingerprint density at radius 3 is 2.85 bits per heavy atom. The molecule has 0 spiro atoms. The van der Waals surface area contributed by atoms with E-state index in [0.29, 0.717) is 5.39 Å². The van der Waals surface area contributed by atoms with E-state index in [0.717, 1.165) is 16.4 Å². The molecule has 1 aromatic carbocycles. The number of carbonyl (C=O) groups excluding carboxylic acids is 1. The van der Waals surface area contributed by atoms with Crippen LogP contribution in [0.15, 0.2) is 39.7 Å². The molecule has 0 aliphatic carbocycles. The molecule has 2 rings (SSSR count). The Morgan fingerprint density at radius 1 is 1.40 bits per heavy atom. The highest BCUT2D eigenvalue weighted by molar-refractivity contribution is 9.10. The molecular formula is C15H17BrN2O2. The third-order valence-corrected chi connectivity index (χ3v) is 3.77. The normalized spacial score (nSPS) is 12.3. The van der Waals surface area contributed by atoms with Crippen molar-refractivity contribution >= 4 is 32.7 Å². The van der Waals surface area contributed by atoms with Crippen molar-refractivity contribution in [2.24, 2.45) is 0 Å². The van der Waals surface area contributed by atoms with Crippen molar-refractivity contribution in [1.29, 1.82) is 0 Å². The molecule has 20 heavy (non-hydrogen) atoms. The summed E-state index contributed by atoms with van der Waals surface area (Å²) in [6.45, 7) is 4.21. The number of pyridine rings is 1. The molecule has 2 aromatic rings. The number of benzene rings is 1. The first-order valence-corrected chi connectivity index (χ1v) is 7.38. The van der Waals surface area contributed by atoms with Gasteiger partial charge in [0, 0.05) is 28.2 Å². The molecule has 106 valence electrons. The molecule has 0 bridgehead atoms. The van der Waals surface area contributed by atoms with Gasteiger partial charge in [-0.3, -0.25) is 9.59 Å². The van der Waals surface area contributed by atoms with E-state index < -0.39 is 0 Å². The average Bonchev–Trinajstić information content (AvgIpc) is 2.42. The number of rotatable bonds is 4. The fraction of sp³-hybridized carbons (Fsp3) is 0.333. The number of halogens is 1. The first-order valence-electron chi connectivity index (χ1n) is 6.59. The van der Waals surface area contributed by atoms with E-state index in [2.05, 4.69) is 21.2 Å². The van der Waals surface area contributed by atoms with Crippen LogP contribution in [-0.4, -0.2) is 16.5 Å². The average molecular weight is 337 g/mol. The summed E-state index contributed by atoms with van der Waals surface area (Å²) >= 11 is 3.36. The van der Waals surface area contributed by atoms with Crippen LogP contribution >= 0.6 is 15.9 Å². The minimum absolute atomic E-state index is 0.0418. The van der Waals surface area contributed by atoms with E-state index in [4.69, 9.17) is 0 Å². The second-order valence-electron chi connectivity index (χ2n) is 4.85.